The van der Waals surface area contributed by atoms with Crippen molar-refractivity contribution in [2.75, 3.05) is 5.32 Å². The molecular formula is C16H20N2O2. The molecule has 0 saturated heterocycles. The van der Waals surface area contributed by atoms with Crippen molar-refractivity contribution in [1.29, 1.82) is 0 Å². The predicted molar refractivity (Wildman–Crippen MR) is 80.1 cm³/mol. The molecule has 1 aliphatic rings. The van der Waals surface area contributed by atoms with Crippen LogP contribution in [0.15, 0.2) is 24.4 Å². The molecular weight excluding hydrogens is 252 g/mol. The zero-order chi connectivity index (χ0) is 14.3. The van der Waals surface area contributed by atoms with Gasteiger partial charge < -0.3 is 9.72 Å². The van der Waals surface area contributed by atoms with Gasteiger partial charge in [0.1, 0.15) is 5.60 Å². The van der Waals surface area contributed by atoms with Gasteiger partial charge in [0.2, 0.25) is 0 Å². The van der Waals surface area contributed by atoms with E-state index in [0.717, 1.165) is 11.1 Å². The van der Waals surface area contributed by atoms with Gasteiger partial charge in [-0.15, -0.1) is 0 Å². The third kappa shape index (κ3) is 2.79. The molecule has 0 bridgehead atoms. The summed E-state index contributed by atoms with van der Waals surface area (Å²) in [5, 5.41) is 3.95. The molecule has 1 amide bonds. The van der Waals surface area contributed by atoms with Crippen LogP contribution in [0.25, 0.3) is 10.9 Å². The highest BCUT2D eigenvalue weighted by atomic mass is 16.6. The van der Waals surface area contributed by atoms with E-state index in [1.54, 1.807) is 0 Å². The summed E-state index contributed by atoms with van der Waals surface area (Å²) in [7, 11) is 0. The minimum Gasteiger partial charge on any atom is -0.444 e. The lowest BCUT2D eigenvalue weighted by molar-refractivity contribution is 0.0636. The summed E-state index contributed by atoms with van der Waals surface area (Å²) in [4.78, 5) is 15.1. The van der Waals surface area contributed by atoms with E-state index < -0.39 is 11.7 Å². The monoisotopic (exact) mass is 272 g/mol. The number of anilines is 1. The van der Waals surface area contributed by atoms with Crippen LogP contribution >= 0.6 is 0 Å². The van der Waals surface area contributed by atoms with Crippen molar-refractivity contribution in [3.63, 3.8) is 0 Å². The number of hydrogen-bond acceptors (Lipinski definition) is 2. The maximum atomic E-state index is 11.9. The highest BCUT2D eigenvalue weighted by Crippen LogP contribution is 2.43. The van der Waals surface area contributed by atoms with Crippen molar-refractivity contribution in [2.24, 2.45) is 0 Å². The first kappa shape index (κ1) is 13.0. The second kappa shape index (κ2) is 4.54. The van der Waals surface area contributed by atoms with Gasteiger partial charge in [0.25, 0.3) is 0 Å². The van der Waals surface area contributed by atoms with E-state index in [1.165, 1.54) is 23.9 Å². The first-order valence-electron chi connectivity index (χ1n) is 7.03. The van der Waals surface area contributed by atoms with E-state index in [2.05, 4.69) is 16.4 Å². The Morgan fingerprint density at radius 3 is 2.75 bits per heavy atom. The Morgan fingerprint density at radius 1 is 1.35 bits per heavy atom. The van der Waals surface area contributed by atoms with Crippen LogP contribution in [0, 0.1) is 0 Å². The van der Waals surface area contributed by atoms with Crippen LogP contribution in [-0.2, 0) is 4.74 Å². The Kier molecular flexibility index (Phi) is 2.96. The van der Waals surface area contributed by atoms with Gasteiger partial charge in [-0.2, -0.15) is 0 Å². The number of ether oxygens (including phenoxy) is 1. The third-order valence-corrected chi connectivity index (χ3v) is 3.35. The molecule has 106 valence electrons. The minimum atomic E-state index is -0.485. The lowest BCUT2D eigenvalue weighted by atomic mass is 10.1. The van der Waals surface area contributed by atoms with Gasteiger partial charge in [-0.25, -0.2) is 4.79 Å². The molecule has 3 rings (SSSR count). The molecule has 1 heterocycles. The quantitative estimate of drug-likeness (QED) is 0.851. The summed E-state index contributed by atoms with van der Waals surface area (Å²) in [5.74, 6) is 0.622. The minimum absolute atomic E-state index is 0.408. The molecule has 1 aromatic carbocycles. The fourth-order valence-electron chi connectivity index (χ4n) is 2.41. The molecule has 1 fully saturated rings. The van der Waals surface area contributed by atoms with Crippen LogP contribution in [0.3, 0.4) is 0 Å². The van der Waals surface area contributed by atoms with Gasteiger partial charge in [0.15, 0.2) is 0 Å². The lowest BCUT2D eigenvalue weighted by Crippen LogP contribution is -2.27. The Bertz CT molecular complexity index is 648. The number of benzene rings is 1. The van der Waals surface area contributed by atoms with Crippen molar-refractivity contribution >= 4 is 22.7 Å². The standard InChI is InChI=1S/C16H20N2O2/c1-16(2,3)20-15(19)18-12-8-11-6-7-17-14(11)13(9-12)10-4-5-10/h6-10,17H,4-5H2,1-3H3,(H,18,19). The van der Waals surface area contributed by atoms with E-state index in [-0.39, 0.29) is 0 Å². The number of aromatic nitrogens is 1. The van der Waals surface area contributed by atoms with Crippen LogP contribution in [0.5, 0.6) is 0 Å². The number of fused-ring (bicyclic) bond motifs is 1. The molecule has 4 heteroatoms. The fourth-order valence-corrected chi connectivity index (χ4v) is 2.41. The van der Waals surface area contributed by atoms with Gasteiger partial charge in [-0.1, -0.05) is 0 Å². The fraction of sp³-hybridized carbons (Fsp3) is 0.438. The van der Waals surface area contributed by atoms with E-state index >= 15 is 0 Å². The number of carbonyl (C=O) groups excluding carboxylic acids is 1. The van der Waals surface area contributed by atoms with Crippen LogP contribution in [0.1, 0.15) is 45.1 Å². The molecule has 0 atom stereocenters. The number of rotatable bonds is 2. The second-order valence-electron chi connectivity index (χ2n) is 6.41. The van der Waals surface area contributed by atoms with Crippen molar-refractivity contribution in [2.45, 2.75) is 45.1 Å². The smallest absolute Gasteiger partial charge is 0.412 e. The first-order valence-corrected chi connectivity index (χ1v) is 7.03. The van der Waals surface area contributed by atoms with Crippen molar-refractivity contribution in [3.8, 4) is 0 Å². The zero-order valence-corrected chi connectivity index (χ0v) is 12.1. The summed E-state index contributed by atoms with van der Waals surface area (Å²) in [6, 6.07) is 6.06. The summed E-state index contributed by atoms with van der Waals surface area (Å²) >= 11 is 0. The molecule has 4 nitrogen and oxygen atoms in total. The Morgan fingerprint density at radius 2 is 2.10 bits per heavy atom. The van der Waals surface area contributed by atoms with Crippen molar-refractivity contribution in [3.05, 3.63) is 30.0 Å². The van der Waals surface area contributed by atoms with Gasteiger partial charge in [0, 0.05) is 22.8 Å². The number of aromatic amines is 1. The van der Waals surface area contributed by atoms with Crippen LogP contribution < -0.4 is 5.32 Å². The van der Waals surface area contributed by atoms with E-state index in [9.17, 15) is 4.79 Å². The van der Waals surface area contributed by atoms with Gasteiger partial charge >= 0.3 is 6.09 Å². The normalized spacial score (nSPS) is 15.3. The summed E-state index contributed by atoms with van der Waals surface area (Å²) < 4.78 is 5.29. The number of hydrogen-bond donors (Lipinski definition) is 2. The molecule has 1 saturated carbocycles. The van der Waals surface area contributed by atoms with Gasteiger partial charge in [-0.05, 0) is 63.3 Å². The largest absolute Gasteiger partial charge is 0.444 e. The number of carbonyl (C=O) groups is 1. The second-order valence-corrected chi connectivity index (χ2v) is 6.41. The zero-order valence-electron chi connectivity index (χ0n) is 12.1. The maximum absolute atomic E-state index is 11.9. The summed E-state index contributed by atoms with van der Waals surface area (Å²) in [6.07, 6.45) is 3.98. The average molecular weight is 272 g/mol. The molecule has 0 unspecified atom stereocenters. The topological polar surface area (TPSA) is 54.1 Å². The van der Waals surface area contributed by atoms with Gasteiger partial charge in [-0.3, -0.25) is 5.32 Å². The van der Waals surface area contributed by atoms with Crippen molar-refractivity contribution < 1.29 is 9.53 Å². The van der Waals surface area contributed by atoms with E-state index in [1.807, 2.05) is 39.1 Å². The van der Waals surface area contributed by atoms with Gasteiger partial charge in [0.05, 0.1) is 0 Å². The Labute approximate surface area is 118 Å². The molecule has 2 N–H and O–H groups in total. The third-order valence-electron chi connectivity index (χ3n) is 3.35. The van der Waals surface area contributed by atoms with Crippen LogP contribution in [-0.4, -0.2) is 16.7 Å². The SMILES string of the molecule is CC(C)(C)OC(=O)Nc1cc(C2CC2)c2[nH]ccc2c1. The molecule has 1 aromatic heterocycles. The molecule has 0 aliphatic heterocycles. The maximum Gasteiger partial charge on any atom is 0.412 e. The average Bonchev–Trinajstić information content (AvgIpc) is 3.04. The lowest BCUT2D eigenvalue weighted by Gasteiger charge is -2.20. The van der Waals surface area contributed by atoms with Crippen molar-refractivity contribution in [1.82, 2.24) is 4.98 Å². The van der Waals surface area contributed by atoms with E-state index in [4.69, 9.17) is 4.74 Å². The Balaban J connectivity index is 1.86. The van der Waals surface area contributed by atoms with Crippen LogP contribution in [0.2, 0.25) is 0 Å². The predicted octanol–water partition coefficient (Wildman–Crippen LogP) is 4.39. The molecule has 0 spiro atoms. The molecule has 1 aliphatic carbocycles. The summed E-state index contributed by atoms with van der Waals surface area (Å²) in [6.45, 7) is 5.58. The number of nitrogens with one attached hydrogen (secondary N) is 2. The number of H-pyrrole nitrogens is 1. The van der Waals surface area contributed by atoms with E-state index in [0.29, 0.717) is 5.92 Å². The highest BCUT2D eigenvalue weighted by Gasteiger charge is 2.26. The highest BCUT2D eigenvalue weighted by molar-refractivity contribution is 5.92. The number of amides is 1. The Hall–Kier alpha value is -1.97. The molecule has 0 radical (unpaired) electrons. The van der Waals surface area contributed by atoms with Crippen LogP contribution in [0.4, 0.5) is 10.5 Å². The summed E-state index contributed by atoms with van der Waals surface area (Å²) in [5.41, 5.74) is 2.79. The first-order chi connectivity index (χ1) is 9.42. The molecule has 2 aromatic rings. The molecule has 20 heavy (non-hydrogen) atoms.